The van der Waals surface area contributed by atoms with Gasteiger partial charge in [0.1, 0.15) is 5.52 Å². The second-order valence-corrected chi connectivity index (χ2v) is 6.63. The molecule has 23 heavy (non-hydrogen) atoms. The third kappa shape index (κ3) is 3.22. The first-order valence-electron chi connectivity index (χ1n) is 8.30. The summed E-state index contributed by atoms with van der Waals surface area (Å²) in [7, 11) is 6.00. The van der Waals surface area contributed by atoms with Crippen LogP contribution >= 0.6 is 0 Å². The van der Waals surface area contributed by atoms with Crippen molar-refractivity contribution in [2.45, 2.75) is 31.7 Å². The van der Waals surface area contributed by atoms with Crippen LogP contribution < -0.4 is 10.9 Å². The molecule has 0 saturated heterocycles. The number of fused-ring (bicyclic) bond motifs is 1. The Hall–Kier alpha value is -1.95. The molecule has 1 saturated carbocycles. The van der Waals surface area contributed by atoms with Crippen LogP contribution in [0.3, 0.4) is 0 Å². The zero-order valence-corrected chi connectivity index (χ0v) is 14.1. The quantitative estimate of drug-likeness (QED) is 0.933. The molecule has 2 heterocycles. The Bertz CT molecular complexity index is 739. The van der Waals surface area contributed by atoms with E-state index in [-0.39, 0.29) is 5.56 Å². The minimum absolute atomic E-state index is 0.109. The van der Waals surface area contributed by atoms with Crippen molar-refractivity contribution in [3.63, 3.8) is 0 Å². The monoisotopic (exact) mass is 315 g/mol. The summed E-state index contributed by atoms with van der Waals surface area (Å²) in [5, 5.41) is 8.43. The molecule has 2 atom stereocenters. The summed E-state index contributed by atoms with van der Waals surface area (Å²) >= 11 is 0. The van der Waals surface area contributed by atoms with E-state index in [0.717, 1.165) is 6.54 Å². The molecule has 0 aromatic carbocycles. The number of anilines is 1. The number of hydrogen-bond donors (Lipinski definition) is 1. The summed E-state index contributed by atoms with van der Waals surface area (Å²) in [4.78, 5) is 18.8. The summed E-state index contributed by atoms with van der Waals surface area (Å²) in [6.45, 7) is 0.861. The van der Waals surface area contributed by atoms with Crippen molar-refractivity contribution in [3.8, 4) is 0 Å². The molecule has 2 aromatic rings. The predicted molar refractivity (Wildman–Crippen MR) is 92.7 cm³/mol. The topological polar surface area (TPSA) is 63.1 Å². The maximum absolute atomic E-state index is 12.2. The van der Waals surface area contributed by atoms with E-state index < -0.39 is 0 Å². The van der Waals surface area contributed by atoms with Crippen LogP contribution in [0.2, 0.25) is 0 Å². The molecule has 1 N–H and O–H groups in total. The molecule has 0 bridgehead atoms. The maximum Gasteiger partial charge on any atom is 0.276 e. The molecule has 6 nitrogen and oxygen atoms in total. The van der Waals surface area contributed by atoms with Crippen LogP contribution in [0.15, 0.2) is 23.1 Å². The van der Waals surface area contributed by atoms with E-state index >= 15 is 0 Å². The average molecular weight is 315 g/mol. The van der Waals surface area contributed by atoms with Gasteiger partial charge in [0.05, 0.1) is 5.39 Å². The van der Waals surface area contributed by atoms with Gasteiger partial charge in [0.15, 0.2) is 5.82 Å². The summed E-state index contributed by atoms with van der Waals surface area (Å²) in [6.07, 6.45) is 6.78. The number of hydrogen-bond acceptors (Lipinski definition) is 5. The lowest BCUT2D eigenvalue weighted by molar-refractivity contribution is 0.163. The summed E-state index contributed by atoms with van der Waals surface area (Å²) in [5.41, 5.74) is 0.551. The molecule has 6 heteroatoms. The largest absolute Gasteiger partial charge is 0.366 e. The van der Waals surface area contributed by atoms with Gasteiger partial charge in [-0.2, -0.15) is 5.10 Å². The Morgan fingerprint density at radius 3 is 2.91 bits per heavy atom. The lowest BCUT2D eigenvalue weighted by atomic mass is 9.84. The third-order valence-corrected chi connectivity index (χ3v) is 4.87. The van der Waals surface area contributed by atoms with E-state index in [0.29, 0.717) is 28.7 Å². The molecule has 0 amide bonds. The second-order valence-electron chi connectivity index (χ2n) is 6.63. The lowest BCUT2D eigenvalue weighted by Gasteiger charge is -2.36. The standard InChI is InChI=1S/C17H25N5O/c1-21(2)14-9-5-4-7-12(14)11-19-16-15-13(8-6-10-18-15)17(23)22(3)20-16/h6,8,10,12,14H,4-5,7,9,11H2,1-3H3,(H,19,20)/t12-,14?/m0/s1. The van der Waals surface area contributed by atoms with Crippen LogP contribution in [0.5, 0.6) is 0 Å². The highest BCUT2D eigenvalue weighted by atomic mass is 16.1. The Kier molecular flexibility index (Phi) is 4.61. The summed E-state index contributed by atoms with van der Waals surface area (Å²) in [5.74, 6) is 1.29. The fourth-order valence-electron chi connectivity index (χ4n) is 3.64. The molecule has 124 valence electrons. The highest BCUT2D eigenvalue weighted by molar-refractivity contribution is 5.86. The van der Waals surface area contributed by atoms with Crippen molar-refractivity contribution < 1.29 is 0 Å². The molecule has 1 aliphatic rings. The van der Waals surface area contributed by atoms with Gasteiger partial charge in [-0.05, 0) is 45.0 Å². The van der Waals surface area contributed by atoms with Gasteiger partial charge in [-0.3, -0.25) is 9.78 Å². The Morgan fingerprint density at radius 2 is 2.13 bits per heavy atom. The first-order valence-corrected chi connectivity index (χ1v) is 8.30. The van der Waals surface area contributed by atoms with Crippen molar-refractivity contribution in [3.05, 3.63) is 28.7 Å². The molecule has 0 aliphatic heterocycles. The van der Waals surface area contributed by atoms with Gasteiger partial charge in [0.25, 0.3) is 5.56 Å². The van der Waals surface area contributed by atoms with Crippen LogP contribution in [0.1, 0.15) is 25.7 Å². The molecule has 1 aliphatic carbocycles. The van der Waals surface area contributed by atoms with Crippen molar-refractivity contribution in [1.29, 1.82) is 0 Å². The van der Waals surface area contributed by atoms with Gasteiger partial charge in [-0.1, -0.05) is 12.8 Å². The lowest BCUT2D eigenvalue weighted by Crippen LogP contribution is -2.40. The number of aromatic nitrogens is 3. The first kappa shape index (κ1) is 15.9. The zero-order valence-electron chi connectivity index (χ0n) is 14.1. The van der Waals surface area contributed by atoms with Gasteiger partial charge in [0, 0.05) is 25.8 Å². The van der Waals surface area contributed by atoms with Crippen molar-refractivity contribution in [2.24, 2.45) is 13.0 Å². The highest BCUT2D eigenvalue weighted by Crippen LogP contribution is 2.28. The minimum atomic E-state index is -0.109. The third-order valence-electron chi connectivity index (χ3n) is 4.87. The van der Waals surface area contributed by atoms with Crippen LogP contribution in [-0.2, 0) is 7.05 Å². The SMILES string of the molecule is CN(C)C1CCCC[C@H]1CNc1nn(C)c(=O)c2cccnc12. The van der Waals surface area contributed by atoms with E-state index in [1.807, 2.05) is 0 Å². The fourth-order valence-corrected chi connectivity index (χ4v) is 3.64. The Labute approximate surface area is 136 Å². The van der Waals surface area contributed by atoms with Crippen LogP contribution in [-0.4, -0.2) is 46.3 Å². The normalized spacial score (nSPS) is 21.7. The number of aryl methyl sites for hydroxylation is 1. The predicted octanol–water partition coefficient (Wildman–Crippen LogP) is 1.86. The molecule has 2 aromatic heterocycles. The van der Waals surface area contributed by atoms with E-state index in [1.165, 1.54) is 30.4 Å². The first-order chi connectivity index (χ1) is 11.1. The summed E-state index contributed by atoms with van der Waals surface area (Å²) in [6, 6.07) is 4.19. The maximum atomic E-state index is 12.2. The van der Waals surface area contributed by atoms with E-state index in [2.05, 4.69) is 34.4 Å². The molecule has 1 fully saturated rings. The van der Waals surface area contributed by atoms with Crippen LogP contribution in [0.25, 0.3) is 10.9 Å². The van der Waals surface area contributed by atoms with Crippen molar-refractivity contribution >= 4 is 16.7 Å². The fraction of sp³-hybridized carbons (Fsp3) is 0.588. The van der Waals surface area contributed by atoms with Gasteiger partial charge < -0.3 is 10.2 Å². The molecule has 0 radical (unpaired) electrons. The van der Waals surface area contributed by atoms with Gasteiger partial charge in [0.2, 0.25) is 0 Å². The molecule has 3 rings (SSSR count). The van der Waals surface area contributed by atoms with Gasteiger partial charge in [-0.25, -0.2) is 4.68 Å². The minimum Gasteiger partial charge on any atom is -0.366 e. The molecule has 1 unspecified atom stereocenters. The summed E-state index contributed by atoms with van der Waals surface area (Å²) < 4.78 is 1.39. The van der Waals surface area contributed by atoms with Crippen LogP contribution in [0.4, 0.5) is 5.82 Å². The van der Waals surface area contributed by atoms with Crippen molar-refractivity contribution in [2.75, 3.05) is 26.0 Å². The Morgan fingerprint density at radius 1 is 1.35 bits per heavy atom. The molecular formula is C17H25N5O. The van der Waals surface area contributed by atoms with E-state index in [4.69, 9.17) is 0 Å². The second kappa shape index (κ2) is 6.66. The van der Waals surface area contributed by atoms with Crippen LogP contribution in [0, 0.1) is 5.92 Å². The number of nitrogens with zero attached hydrogens (tertiary/aromatic N) is 4. The highest BCUT2D eigenvalue weighted by Gasteiger charge is 2.26. The number of pyridine rings is 1. The Balaban J connectivity index is 1.84. The molecular weight excluding hydrogens is 290 g/mol. The smallest absolute Gasteiger partial charge is 0.276 e. The average Bonchev–Trinajstić information content (AvgIpc) is 2.57. The van der Waals surface area contributed by atoms with Gasteiger partial charge in [-0.15, -0.1) is 0 Å². The van der Waals surface area contributed by atoms with Gasteiger partial charge >= 0.3 is 0 Å². The zero-order chi connectivity index (χ0) is 16.4. The van der Waals surface area contributed by atoms with E-state index in [9.17, 15) is 4.79 Å². The van der Waals surface area contributed by atoms with E-state index in [1.54, 1.807) is 25.4 Å². The van der Waals surface area contributed by atoms with Crippen molar-refractivity contribution in [1.82, 2.24) is 19.7 Å². The molecule has 0 spiro atoms. The number of rotatable bonds is 4. The number of nitrogens with one attached hydrogen (secondary N) is 1.